The van der Waals surface area contributed by atoms with Crippen molar-refractivity contribution in [3.05, 3.63) is 59.7 Å². The van der Waals surface area contributed by atoms with Gasteiger partial charge in [-0.05, 0) is 66.5 Å². The number of fused-ring (bicyclic) bond motifs is 1. The third-order valence-electron chi connectivity index (χ3n) is 5.34. The Kier molecular flexibility index (Phi) is 6.66. The van der Waals surface area contributed by atoms with Crippen LogP contribution in [-0.4, -0.2) is 27.9 Å². The van der Waals surface area contributed by atoms with Crippen molar-refractivity contribution in [3.63, 3.8) is 0 Å². The molecule has 158 valence electrons. The summed E-state index contributed by atoms with van der Waals surface area (Å²) in [6, 6.07) is 14.3. The van der Waals surface area contributed by atoms with Crippen molar-refractivity contribution in [2.75, 3.05) is 13.2 Å². The molecule has 0 saturated carbocycles. The molecule has 2 aromatic carbocycles. The van der Waals surface area contributed by atoms with Crippen molar-refractivity contribution in [3.8, 4) is 5.75 Å². The van der Waals surface area contributed by atoms with Crippen molar-refractivity contribution in [2.45, 2.75) is 51.7 Å². The van der Waals surface area contributed by atoms with Crippen molar-refractivity contribution >= 4 is 10.1 Å². The molecule has 0 spiro atoms. The van der Waals surface area contributed by atoms with Crippen molar-refractivity contribution in [1.29, 1.82) is 0 Å². The van der Waals surface area contributed by atoms with Crippen molar-refractivity contribution in [1.82, 2.24) is 0 Å². The quantitative estimate of drug-likeness (QED) is 0.356. The minimum atomic E-state index is -3.76. The second-order valence-corrected chi connectivity index (χ2v) is 10.2. The molecule has 0 N–H and O–H groups in total. The molecule has 1 aliphatic carbocycles. The zero-order chi connectivity index (χ0) is 21.1. The first kappa shape index (κ1) is 21.8. The van der Waals surface area contributed by atoms with Crippen LogP contribution in [0.2, 0.25) is 0 Å². The van der Waals surface area contributed by atoms with Crippen molar-refractivity contribution in [2.24, 2.45) is 11.3 Å². The Hall–Kier alpha value is -1.89. The predicted octanol–water partition coefficient (Wildman–Crippen LogP) is 4.59. The van der Waals surface area contributed by atoms with E-state index in [1.165, 1.54) is 23.3 Å². The smallest absolute Gasteiger partial charge is 0.297 e. The SMILES string of the molecule is CC(OCCOS(=O)(=O)c1ccccc1)Oc1ccc2c(c1)CC(C(C)(C)C)C2. The third kappa shape index (κ3) is 5.81. The summed E-state index contributed by atoms with van der Waals surface area (Å²) in [5, 5.41) is 0. The molecule has 0 aromatic heterocycles. The molecular formula is C23H30O5S. The summed E-state index contributed by atoms with van der Waals surface area (Å²) in [7, 11) is -3.76. The fourth-order valence-corrected chi connectivity index (χ4v) is 4.43. The standard InChI is InChI=1S/C23H30O5S/c1-17(26-12-13-27-29(24,25)22-8-6-5-7-9-22)28-21-11-10-18-14-20(23(2,3)4)15-19(18)16-21/h5-11,16-17,20H,12-15H2,1-4H3. The number of hydrogen-bond acceptors (Lipinski definition) is 5. The van der Waals surface area contributed by atoms with Gasteiger partial charge < -0.3 is 9.47 Å². The predicted molar refractivity (Wildman–Crippen MR) is 112 cm³/mol. The monoisotopic (exact) mass is 418 g/mol. The van der Waals surface area contributed by atoms with E-state index in [1.54, 1.807) is 25.1 Å². The summed E-state index contributed by atoms with van der Waals surface area (Å²) < 4.78 is 40.6. The van der Waals surface area contributed by atoms with E-state index >= 15 is 0 Å². The maximum absolute atomic E-state index is 12.1. The van der Waals surface area contributed by atoms with Crippen LogP contribution in [0, 0.1) is 11.3 Å². The Balaban J connectivity index is 1.46. The van der Waals surface area contributed by atoms with Crippen LogP contribution in [0.15, 0.2) is 53.4 Å². The fourth-order valence-electron chi connectivity index (χ4n) is 3.52. The lowest BCUT2D eigenvalue weighted by molar-refractivity contribution is -0.0735. The van der Waals surface area contributed by atoms with E-state index in [0.29, 0.717) is 5.92 Å². The lowest BCUT2D eigenvalue weighted by Crippen LogP contribution is -2.20. The number of ether oxygens (including phenoxy) is 2. The molecule has 5 nitrogen and oxygen atoms in total. The summed E-state index contributed by atoms with van der Waals surface area (Å²) >= 11 is 0. The molecule has 2 unspecified atom stereocenters. The lowest BCUT2D eigenvalue weighted by atomic mass is 9.79. The van der Waals surface area contributed by atoms with Gasteiger partial charge >= 0.3 is 0 Å². The topological polar surface area (TPSA) is 61.8 Å². The highest BCUT2D eigenvalue weighted by atomic mass is 32.2. The van der Waals surface area contributed by atoms with E-state index in [4.69, 9.17) is 13.7 Å². The van der Waals surface area contributed by atoms with E-state index < -0.39 is 16.4 Å². The van der Waals surface area contributed by atoms with E-state index in [9.17, 15) is 8.42 Å². The summed E-state index contributed by atoms with van der Waals surface area (Å²) in [4.78, 5) is 0.135. The maximum atomic E-state index is 12.1. The molecular weight excluding hydrogens is 388 g/mol. The van der Waals surface area contributed by atoms with Crippen LogP contribution in [0.4, 0.5) is 0 Å². The highest BCUT2D eigenvalue weighted by molar-refractivity contribution is 7.86. The second-order valence-electron chi connectivity index (χ2n) is 8.55. The Morgan fingerprint density at radius 1 is 1.00 bits per heavy atom. The van der Waals surface area contributed by atoms with Gasteiger partial charge in [0.15, 0.2) is 6.29 Å². The van der Waals surface area contributed by atoms with Gasteiger partial charge in [0.05, 0.1) is 18.1 Å². The molecule has 0 fully saturated rings. The molecule has 6 heteroatoms. The average Bonchev–Trinajstić information content (AvgIpc) is 3.10. The molecule has 1 aliphatic rings. The molecule has 3 rings (SSSR count). The summed E-state index contributed by atoms with van der Waals surface area (Å²) in [5.74, 6) is 1.41. The molecule has 2 atom stereocenters. The molecule has 0 aliphatic heterocycles. The van der Waals surface area contributed by atoms with E-state index in [0.717, 1.165) is 18.6 Å². The van der Waals surface area contributed by atoms with Crippen LogP contribution in [0.3, 0.4) is 0 Å². The van der Waals surface area contributed by atoms with Gasteiger partial charge in [-0.25, -0.2) is 0 Å². The van der Waals surface area contributed by atoms with Gasteiger partial charge in [0.1, 0.15) is 5.75 Å². The Labute approximate surface area is 174 Å². The van der Waals surface area contributed by atoms with Gasteiger partial charge in [-0.2, -0.15) is 8.42 Å². The van der Waals surface area contributed by atoms with E-state index in [2.05, 4.69) is 32.9 Å². The summed E-state index contributed by atoms with van der Waals surface area (Å²) in [6.07, 6.45) is 1.67. The first-order valence-electron chi connectivity index (χ1n) is 10.00. The van der Waals surface area contributed by atoms with E-state index in [1.807, 2.05) is 6.07 Å². The van der Waals surface area contributed by atoms with E-state index in [-0.39, 0.29) is 23.5 Å². The van der Waals surface area contributed by atoms with Crippen LogP contribution in [-0.2, 0) is 31.9 Å². The van der Waals surface area contributed by atoms with Crippen molar-refractivity contribution < 1.29 is 22.1 Å². The third-order valence-corrected chi connectivity index (χ3v) is 6.67. The first-order valence-corrected chi connectivity index (χ1v) is 11.4. The first-order chi connectivity index (χ1) is 13.6. The zero-order valence-corrected chi connectivity index (χ0v) is 18.4. The Bertz CT molecular complexity index is 916. The highest BCUT2D eigenvalue weighted by Crippen LogP contribution is 2.39. The molecule has 0 heterocycles. The molecule has 29 heavy (non-hydrogen) atoms. The van der Waals surface area contributed by atoms with Crippen LogP contribution in [0.5, 0.6) is 5.75 Å². The minimum absolute atomic E-state index is 0.0671. The normalized spacial score (nSPS) is 17.7. The summed E-state index contributed by atoms with van der Waals surface area (Å²) in [6.45, 7) is 8.70. The van der Waals surface area contributed by atoms with Gasteiger partial charge in [-0.15, -0.1) is 0 Å². The van der Waals surface area contributed by atoms with Gasteiger partial charge in [0.25, 0.3) is 10.1 Å². The Morgan fingerprint density at radius 3 is 2.38 bits per heavy atom. The van der Waals surface area contributed by atoms with Crippen LogP contribution in [0.1, 0.15) is 38.8 Å². The minimum Gasteiger partial charge on any atom is -0.465 e. The van der Waals surface area contributed by atoms with Gasteiger partial charge in [-0.3, -0.25) is 4.18 Å². The van der Waals surface area contributed by atoms with Crippen LogP contribution >= 0.6 is 0 Å². The number of benzene rings is 2. The largest absolute Gasteiger partial charge is 0.465 e. The highest BCUT2D eigenvalue weighted by Gasteiger charge is 2.31. The molecule has 2 aromatic rings. The fraction of sp³-hybridized carbons (Fsp3) is 0.478. The Morgan fingerprint density at radius 2 is 1.69 bits per heavy atom. The van der Waals surface area contributed by atoms with Gasteiger partial charge in [0.2, 0.25) is 0 Å². The summed E-state index contributed by atoms with van der Waals surface area (Å²) in [5.41, 5.74) is 3.02. The number of rotatable bonds is 8. The van der Waals surface area contributed by atoms with Gasteiger partial charge in [-0.1, -0.05) is 45.0 Å². The van der Waals surface area contributed by atoms with Gasteiger partial charge in [0, 0.05) is 0 Å². The maximum Gasteiger partial charge on any atom is 0.297 e. The second kappa shape index (κ2) is 8.86. The average molecular weight is 419 g/mol. The molecule has 0 saturated heterocycles. The molecule has 0 radical (unpaired) electrons. The van der Waals surface area contributed by atoms with Crippen LogP contribution < -0.4 is 4.74 Å². The zero-order valence-electron chi connectivity index (χ0n) is 17.6. The van der Waals surface area contributed by atoms with Crippen LogP contribution in [0.25, 0.3) is 0 Å². The molecule has 0 amide bonds. The molecule has 0 bridgehead atoms. The number of hydrogen-bond donors (Lipinski definition) is 0. The lowest BCUT2D eigenvalue weighted by Gasteiger charge is -2.26.